The summed E-state index contributed by atoms with van der Waals surface area (Å²) in [5, 5.41) is 3.55. The Balaban J connectivity index is 1.39. The molecule has 0 aromatic heterocycles. The van der Waals surface area contributed by atoms with Gasteiger partial charge in [0.15, 0.2) is 0 Å². The Kier molecular flexibility index (Phi) is 5.38. The molecule has 142 valence electrons. The Hall–Kier alpha value is -0.610. The minimum absolute atomic E-state index is 0.0570. The number of piperidine rings is 2. The third-order valence-electron chi connectivity index (χ3n) is 7.70. The number of hydrogen-bond acceptors (Lipinski definition) is 3. The third kappa shape index (κ3) is 3.49. The standard InChI is InChI=1S/C21H37N3O/c1-17-7-3-5-11-23(17)14-18-8-6-12-24(15-18)20(25)21-10-4-2-9-19(21)13-22-16-21/h17-19,22H,2-16H2,1H3/t17?,18?,19-,21+/m0/s1. The monoisotopic (exact) mass is 347 g/mol. The predicted molar refractivity (Wildman–Crippen MR) is 101 cm³/mol. The van der Waals surface area contributed by atoms with Gasteiger partial charge in [-0.3, -0.25) is 4.79 Å². The minimum atomic E-state index is -0.0570. The van der Waals surface area contributed by atoms with Crippen LogP contribution in [0.5, 0.6) is 0 Å². The number of nitrogens with zero attached hydrogens (tertiary/aromatic N) is 2. The Bertz CT molecular complexity index is 482. The van der Waals surface area contributed by atoms with Gasteiger partial charge in [-0.2, -0.15) is 0 Å². The van der Waals surface area contributed by atoms with Gasteiger partial charge in [0.05, 0.1) is 5.41 Å². The predicted octanol–water partition coefficient (Wildman–Crippen LogP) is 2.88. The summed E-state index contributed by atoms with van der Waals surface area (Å²) in [4.78, 5) is 18.5. The van der Waals surface area contributed by atoms with Crippen molar-refractivity contribution < 1.29 is 4.79 Å². The molecule has 25 heavy (non-hydrogen) atoms. The first-order chi connectivity index (χ1) is 12.2. The largest absolute Gasteiger partial charge is 0.342 e. The number of carbonyl (C=O) groups is 1. The second kappa shape index (κ2) is 7.56. The van der Waals surface area contributed by atoms with Gasteiger partial charge in [-0.15, -0.1) is 0 Å². The van der Waals surface area contributed by atoms with E-state index in [1.165, 1.54) is 64.5 Å². The summed E-state index contributed by atoms with van der Waals surface area (Å²) in [6, 6.07) is 0.736. The topological polar surface area (TPSA) is 35.6 Å². The van der Waals surface area contributed by atoms with Gasteiger partial charge in [-0.25, -0.2) is 0 Å². The van der Waals surface area contributed by atoms with Crippen LogP contribution in [0.25, 0.3) is 0 Å². The molecule has 0 radical (unpaired) electrons. The molecule has 1 saturated carbocycles. The molecular weight excluding hydrogens is 310 g/mol. The average Bonchev–Trinajstić information content (AvgIpc) is 3.08. The van der Waals surface area contributed by atoms with Gasteiger partial charge >= 0.3 is 0 Å². The van der Waals surface area contributed by atoms with Crippen LogP contribution in [-0.4, -0.2) is 61.0 Å². The minimum Gasteiger partial charge on any atom is -0.342 e. The zero-order valence-corrected chi connectivity index (χ0v) is 16.1. The second-order valence-corrected chi connectivity index (χ2v) is 9.33. The molecular formula is C21H37N3O. The first kappa shape index (κ1) is 17.8. The van der Waals surface area contributed by atoms with E-state index in [2.05, 4.69) is 22.0 Å². The quantitative estimate of drug-likeness (QED) is 0.853. The smallest absolute Gasteiger partial charge is 0.230 e. The molecule has 4 atom stereocenters. The fourth-order valence-electron chi connectivity index (χ4n) is 6.14. The normalized spacial score (nSPS) is 40.0. The van der Waals surface area contributed by atoms with Crippen LogP contribution in [0.2, 0.25) is 0 Å². The molecule has 4 rings (SSSR count). The first-order valence-electron chi connectivity index (χ1n) is 10.9. The molecule has 4 nitrogen and oxygen atoms in total. The van der Waals surface area contributed by atoms with Crippen molar-refractivity contribution in [3.63, 3.8) is 0 Å². The van der Waals surface area contributed by atoms with E-state index in [0.717, 1.165) is 38.6 Å². The Morgan fingerprint density at radius 1 is 1.08 bits per heavy atom. The van der Waals surface area contributed by atoms with Crippen molar-refractivity contribution in [3.8, 4) is 0 Å². The third-order valence-corrected chi connectivity index (χ3v) is 7.70. The van der Waals surface area contributed by atoms with E-state index in [9.17, 15) is 4.79 Å². The van der Waals surface area contributed by atoms with Gasteiger partial charge < -0.3 is 15.1 Å². The van der Waals surface area contributed by atoms with Crippen molar-refractivity contribution >= 4 is 5.91 Å². The van der Waals surface area contributed by atoms with Gasteiger partial charge in [0.2, 0.25) is 5.91 Å². The highest BCUT2D eigenvalue weighted by Gasteiger charge is 2.51. The van der Waals surface area contributed by atoms with Crippen LogP contribution in [0.1, 0.15) is 64.7 Å². The van der Waals surface area contributed by atoms with Crippen LogP contribution in [0.15, 0.2) is 0 Å². The molecule has 3 aliphatic heterocycles. The number of rotatable bonds is 3. The molecule has 2 unspecified atom stereocenters. The molecule has 0 aromatic rings. The van der Waals surface area contributed by atoms with Gasteiger partial charge in [0.1, 0.15) is 0 Å². The molecule has 1 amide bonds. The number of likely N-dealkylation sites (tertiary alicyclic amines) is 2. The van der Waals surface area contributed by atoms with Crippen LogP contribution in [-0.2, 0) is 4.79 Å². The zero-order chi connectivity index (χ0) is 17.3. The fraction of sp³-hybridized carbons (Fsp3) is 0.952. The van der Waals surface area contributed by atoms with E-state index in [-0.39, 0.29) is 5.41 Å². The molecule has 3 heterocycles. The van der Waals surface area contributed by atoms with Crippen molar-refractivity contribution in [2.24, 2.45) is 17.3 Å². The van der Waals surface area contributed by atoms with Crippen LogP contribution >= 0.6 is 0 Å². The summed E-state index contributed by atoms with van der Waals surface area (Å²) in [6.07, 6.45) is 11.5. The van der Waals surface area contributed by atoms with Crippen LogP contribution < -0.4 is 5.32 Å². The summed E-state index contributed by atoms with van der Waals surface area (Å²) in [7, 11) is 0. The number of fused-ring (bicyclic) bond motifs is 1. The van der Waals surface area contributed by atoms with Crippen LogP contribution in [0, 0.1) is 17.3 Å². The molecule has 1 aliphatic carbocycles. The SMILES string of the molecule is CC1CCCCN1CC1CCCN(C(=O)[C@@]23CCCC[C@H]2CNC3)C1. The van der Waals surface area contributed by atoms with E-state index in [4.69, 9.17) is 0 Å². The Morgan fingerprint density at radius 2 is 1.96 bits per heavy atom. The number of amides is 1. The highest BCUT2D eigenvalue weighted by molar-refractivity contribution is 5.84. The van der Waals surface area contributed by atoms with E-state index < -0.39 is 0 Å². The van der Waals surface area contributed by atoms with E-state index in [1.54, 1.807) is 0 Å². The van der Waals surface area contributed by atoms with E-state index in [1.807, 2.05) is 0 Å². The number of hydrogen-bond donors (Lipinski definition) is 1. The Labute approximate surface area is 153 Å². The maximum atomic E-state index is 13.5. The average molecular weight is 348 g/mol. The second-order valence-electron chi connectivity index (χ2n) is 9.33. The van der Waals surface area contributed by atoms with Crippen molar-refractivity contribution in [2.75, 3.05) is 39.3 Å². The summed E-state index contributed by atoms with van der Waals surface area (Å²) in [5.74, 6) is 1.78. The summed E-state index contributed by atoms with van der Waals surface area (Å²) < 4.78 is 0. The summed E-state index contributed by atoms with van der Waals surface area (Å²) in [5.41, 5.74) is -0.0570. The lowest BCUT2D eigenvalue weighted by Crippen LogP contribution is -2.53. The molecule has 4 heteroatoms. The molecule has 0 aromatic carbocycles. The summed E-state index contributed by atoms with van der Waals surface area (Å²) >= 11 is 0. The van der Waals surface area contributed by atoms with Gasteiger partial charge in [-0.05, 0) is 70.4 Å². The molecule has 4 aliphatic rings. The van der Waals surface area contributed by atoms with Crippen molar-refractivity contribution in [2.45, 2.75) is 70.8 Å². The number of nitrogens with one attached hydrogen (secondary N) is 1. The van der Waals surface area contributed by atoms with Gasteiger partial charge in [0.25, 0.3) is 0 Å². The molecule has 0 bridgehead atoms. The highest BCUT2D eigenvalue weighted by atomic mass is 16.2. The van der Waals surface area contributed by atoms with Crippen LogP contribution in [0.4, 0.5) is 0 Å². The Morgan fingerprint density at radius 3 is 2.84 bits per heavy atom. The summed E-state index contributed by atoms with van der Waals surface area (Å²) in [6.45, 7) is 8.87. The molecule has 1 N–H and O–H groups in total. The maximum Gasteiger partial charge on any atom is 0.230 e. The lowest BCUT2D eigenvalue weighted by atomic mass is 9.67. The highest BCUT2D eigenvalue weighted by Crippen LogP contribution is 2.45. The van der Waals surface area contributed by atoms with E-state index >= 15 is 0 Å². The van der Waals surface area contributed by atoms with Gasteiger partial charge in [0, 0.05) is 32.2 Å². The van der Waals surface area contributed by atoms with Crippen molar-refractivity contribution in [1.82, 2.24) is 15.1 Å². The lowest BCUT2D eigenvalue weighted by molar-refractivity contribution is -0.147. The molecule has 4 fully saturated rings. The van der Waals surface area contributed by atoms with Crippen LogP contribution in [0.3, 0.4) is 0 Å². The molecule has 3 saturated heterocycles. The lowest BCUT2D eigenvalue weighted by Gasteiger charge is -2.44. The fourth-order valence-corrected chi connectivity index (χ4v) is 6.14. The van der Waals surface area contributed by atoms with E-state index in [0.29, 0.717) is 17.7 Å². The van der Waals surface area contributed by atoms with Gasteiger partial charge in [-0.1, -0.05) is 19.3 Å². The maximum absolute atomic E-state index is 13.5. The zero-order valence-electron chi connectivity index (χ0n) is 16.1. The molecule has 0 spiro atoms. The number of carbonyl (C=O) groups excluding carboxylic acids is 1. The van der Waals surface area contributed by atoms with Crippen molar-refractivity contribution in [1.29, 1.82) is 0 Å². The van der Waals surface area contributed by atoms with Crippen molar-refractivity contribution in [3.05, 3.63) is 0 Å². The first-order valence-corrected chi connectivity index (χ1v) is 10.9.